The number of amides is 1. The number of nitrogens with zero attached hydrogens (tertiary/aromatic N) is 2. The van der Waals surface area contributed by atoms with E-state index < -0.39 is 0 Å². The van der Waals surface area contributed by atoms with Crippen LogP contribution in [0.3, 0.4) is 0 Å². The summed E-state index contributed by atoms with van der Waals surface area (Å²) in [5.41, 5.74) is 0. The average molecular weight is 196 g/mol. The Kier molecular flexibility index (Phi) is 7.92. The minimum Gasteiger partial charge on any atom is -0.342 e. The molecule has 1 amide bonds. The topological polar surface area (TPSA) is 44.1 Å². The molecule has 0 bridgehead atoms. The lowest BCUT2D eigenvalue weighted by atomic mass is 10.2. The van der Waals surface area contributed by atoms with Crippen LogP contribution in [0.25, 0.3) is 0 Å². The van der Waals surface area contributed by atoms with E-state index in [1.807, 2.05) is 11.0 Å². The highest BCUT2D eigenvalue weighted by Crippen LogP contribution is 2.01. The first-order chi connectivity index (χ1) is 6.76. The molecule has 3 nitrogen and oxygen atoms in total. The van der Waals surface area contributed by atoms with Gasteiger partial charge in [0.05, 0.1) is 6.07 Å². The van der Waals surface area contributed by atoms with Gasteiger partial charge in [0, 0.05) is 13.1 Å². The van der Waals surface area contributed by atoms with Gasteiger partial charge in [0.1, 0.15) is 6.42 Å². The van der Waals surface area contributed by atoms with Gasteiger partial charge < -0.3 is 4.90 Å². The highest BCUT2D eigenvalue weighted by Gasteiger charge is 2.10. The van der Waals surface area contributed by atoms with Crippen LogP contribution in [-0.2, 0) is 4.79 Å². The standard InChI is InChI=1S/C11H20N2O/c1-3-5-9-13(10-6-4-2)11(14)7-8-12/h3-7,9-10H2,1-2H3. The van der Waals surface area contributed by atoms with E-state index in [9.17, 15) is 4.79 Å². The molecule has 0 unspecified atom stereocenters. The van der Waals surface area contributed by atoms with Gasteiger partial charge in [-0.05, 0) is 12.8 Å². The van der Waals surface area contributed by atoms with Gasteiger partial charge in [-0.15, -0.1) is 0 Å². The summed E-state index contributed by atoms with van der Waals surface area (Å²) in [6.07, 6.45) is 4.25. The number of hydrogen-bond acceptors (Lipinski definition) is 2. The van der Waals surface area contributed by atoms with Crippen LogP contribution in [0, 0.1) is 11.3 Å². The monoisotopic (exact) mass is 196 g/mol. The average Bonchev–Trinajstić information content (AvgIpc) is 2.18. The number of carbonyl (C=O) groups excluding carboxylic acids is 1. The molecule has 0 heterocycles. The van der Waals surface area contributed by atoms with E-state index in [-0.39, 0.29) is 12.3 Å². The SMILES string of the molecule is CCCCN(CCCC)C(=O)CC#N. The van der Waals surface area contributed by atoms with Gasteiger partial charge in [0.15, 0.2) is 0 Å². The molecule has 0 radical (unpaired) electrons. The Labute approximate surface area is 86.7 Å². The molecule has 0 aliphatic rings. The molecule has 0 spiro atoms. The second-order valence-electron chi connectivity index (χ2n) is 3.42. The molecule has 0 saturated heterocycles. The van der Waals surface area contributed by atoms with Crippen molar-refractivity contribution in [3.63, 3.8) is 0 Å². The minimum atomic E-state index is -0.0191. The maximum absolute atomic E-state index is 11.5. The van der Waals surface area contributed by atoms with E-state index in [4.69, 9.17) is 5.26 Å². The Morgan fingerprint density at radius 1 is 1.21 bits per heavy atom. The summed E-state index contributed by atoms with van der Waals surface area (Å²) >= 11 is 0. The molecule has 80 valence electrons. The molecule has 0 N–H and O–H groups in total. The van der Waals surface area contributed by atoms with Crippen molar-refractivity contribution < 1.29 is 4.79 Å². The fourth-order valence-corrected chi connectivity index (χ4v) is 1.24. The summed E-state index contributed by atoms with van der Waals surface area (Å²) in [5, 5.41) is 8.44. The second kappa shape index (κ2) is 8.55. The van der Waals surface area contributed by atoms with Gasteiger partial charge >= 0.3 is 0 Å². The molecule has 0 saturated carbocycles. The van der Waals surface area contributed by atoms with Gasteiger partial charge in [-0.2, -0.15) is 5.26 Å². The van der Waals surface area contributed by atoms with Crippen molar-refractivity contribution in [1.82, 2.24) is 4.90 Å². The smallest absolute Gasteiger partial charge is 0.236 e. The molecule has 3 heteroatoms. The number of carbonyl (C=O) groups is 1. The zero-order valence-electron chi connectivity index (χ0n) is 9.25. The summed E-state index contributed by atoms with van der Waals surface area (Å²) in [5.74, 6) is -0.0191. The largest absolute Gasteiger partial charge is 0.342 e. The van der Waals surface area contributed by atoms with Gasteiger partial charge in [-0.1, -0.05) is 26.7 Å². The maximum Gasteiger partial charge on any atom is 0.236 e. The quantitative estimate of drug-likeness (QED) is 0.627. The van der Waals surface area contributed by atoms with Crippen LogP contribution in [0.15, 0.2) is 0 Å². The maximum atomic E-state index is 11.5. The van der Waals surface area contributed by atoms with Gasteiger partial charge in [0.2, 0.25) is 5.91 Å². The first kappa shape index (κ1) is 13.0. The van der Waals surface area contributed by atoms with Crippen molar-refractivity contribution in [2.75, 3.05) is 13.1 Å². The zero-order chi connectivity index (χ0) is 10.8. The van der Waals surface area contributed by atoms with Crippen LogP contribution in [0.2, 0.25) is 0 Å². The van der Waals surface area contributed by atoms with E-state index in [1.165, 1.54) is 0 Å². The lowest BCUT2D eigenvalue weighted by Gasteiger charge is -2.21. The Morgan fingerprint density at radius 2 is 1.71 bits per heavy atom. The van der Waals surface area contributed by atoms with Crippen LogP contribution in [-0.4, -0.2) is 23.9 Å². The third-order valence-electron chi connectivity index (χ3n) is 2.15. The van der Waals surface area contributed by atoms with Crippen LogP contribution < -0.4 is 0 Å². The van der Waals surface area contributed by atoms with E-state index >= 15 is 0 Å². The van der Waals surface area contributed by atoms with E-state index in [2.05, 4.69) is 13.8 Å². The third kappa shape index (κ3) is 5.58. The Balaban J connectivity index is 3.95. The number of rotatable bonds is 7. The molecule has 14 heavy (non-hydrogen) atoms. The van der Waals surface area contributed by atoms with Crippen LogP contribution in [0.1, 0.15) is 46.0 Å². The summed E-state index contributed by atoms with van der Waals surface area (Å²) in [7, 11) is 0. The van der Waals surface area contributed by atoms with Gasteiger partial charge in [-0.3, -0.25) is 4.79 Å². The molecule has 0 fully saturated rings. The Hall–Kier alpha value is -1.04. The van der Waals surface area contributed by atoms with Crippen LogP contribution in [0.4, 0.5) is 0 Å². The molecule has 0 atom stereocenters. The molecule has 0 aromatic heterocycles. The molecule has 0 aliphatic heterocycles. The lowest BCUT2D eigenvalue weighted by molar-refractivity contribution is -0.130. The van der Waals surface area contributed by atoms with Gasteiger partial charge in [-0.25, -0.2) is 0 Å². The first-order valence-corrected chi connectivity index (χ1v) is 5.41. The van der Waals surface area contributed by atoms with Gasteiger partial charge in [0.25, 0.3) is 0 Å². The van der Waals surface area contributed by atoms with Crippen molar-refractivity contribution in [1.29, 1.82) is 5.26 Å². The molecule has 0 aromatic rings. The predicted molar refractivity (Wildman–Crippen MR) is 56.6 cm³/mol. The predicted octanol–water partition coefficient (Wildman–Crippen LogP) is 2.33. The Bertz CT molecular complexity index is 188. The Morgan fingerprint density at radius 3 is 2.07 bits per heavy atom. The van der Waals surface area contributed by atoms with Crippen molar-refractivity contribution in [3.8, 4) is 6.07 Å². The fraction of sp³-hybridized carbons (Fsp3) is 0.818. The second-order valence-corrected chi connectivity index (χ2v) is 3.42. The van der Waals surface area contributed by atoms with Crippen LogP contribution in [0.5, 0.6) is 0 Å². The van der Waals surface area contributed by atoms with Crippen LogP contribution >= 0.6 is 0 Å². The van der Waals surface area contributed by atoms with E-state index in [0.717, 1.165) is 38.8 Å². The number of hydrogen-bond donors (Lipinski definition) is 0. The molecular weight excluding hydrogens is 176 g/mol. The fourth-order valence-electron chi connectivity index (χ4n) is 1.24. The van der Waals surface area contributed by atoms with Crippen molar-refractivity contribution in [2.45, 2.75) is 46.0 Å². The molecule has 0 aromatic carbocycles. The van der Waals surface area contributed by atoms with E-state index in [1.54, 1.807) is 0 Å². The highest BCUT2D eigenvalue weighted by atomic mass is 16.2. The number of unbranched alkanes of at least 4 members (excludes halogenated alkanes) is 2. The third-order valence-corrected chi connectivity index (χ3v) is 2.15. The molecular formula is C11H20N2O. The van der Waals surface area contributed by atoms with Crippen molar-refractivity contribution in [2.24, 2.45) is 0 Å². The number of nitriles is 1. The zero-order valence-corrected chi connectivity index (χ0v) is 9.25. The van der Waals surface area contributed by atoms with E-state index in [0.29, 0.717) is 0 Å². The summed E-state index contributed by atoms with van der Waals surface area (Å²) in [4.78, 5) is 13.3. The minimum absolute atomic E-state index is 0.0191. The summed E-state index contributed by atoms with van der Waals surface area (Å²) in [6, 6.07) is 1.91. The normalized spacial score (nSPS) is 9.50. The summed E-state index contributed by atoms with van der Waals surface area (Å²) < 4.78 is 0. The highest BCUT2D eigenvalue weighted by molar-refractivity contribution is 5.78. The molecule has 0 rings (SSSR count). The summed E-state index contributed by atoms with van der Waals surface area (Å²) in [6.45, 7) is 5.81. The molecule has 0 aliphatic carbocycles. The van der Waals surface area contributed by atoms with Crippen molar-refractivity contribution >= 4 is 5.91 Å². The first-order valence-electron chi connectivity index (χ1n) is 5.41. The van der Waals surface area contributed by atoms with Crippen molar-refractivity contribution in [3.05, 3.63) is 0 Å². The lowest BCUT2D eigenvalue weighted by Crippen LogP contribution is -2.32.